The largest absolute Gasteiger partial charge is 0.454 e. The second kappa shape index (κ2) is 8.26. The van der Waals surface area contributed by atoms with E-state index in [1.165, 1.54) is 0 Å². The Morgan fingerprint density at radius 1 is 1.16 bits per heavy atom. The van der Waals surface area contributed by atoms with Crippen molar-refractivity contribution in [3.05, 3.63) is 28.8 Å². The van der Waals surface area contributed by atoms with Crippen LogP contribution in [0, 0.1) is 36.5 Å². The molecule has 1 N–H and O–H groups in total. The number of hydrogen-bond acceptors (Lipinski definition) is 5. The Kier molecular flexibility index (Phi) is 5.81. The van der Waals surface area contributed by atoms with E-state index >= 15 is 0 Å². The topological polar surface area (TPSA) is 92.8 Å². The lowest BCUT2D eigenvalue weighted by Gasteiger charge is -2.28. The van der Waals surface area contributed by atoms with Gasteiger partial charge in [0.15, 0.2) is 6.61 Å². The molecule has 0 aromatic heterocycles. The summed E-state index contributed by atoms with van der Waals surface area (Å²) in [5, 5.41) is 3.18. The highest BCUT2D eigenvalue weighted by atomic mass is 35.5. The van der Waals surface area contributed by atoms with Gasteiger partial charge in [0.1, 0.15) is 6.04 Å². The molecule has 5 atom stereocenters. The number of likely N-dealkylation sites (tertiary alicyclic amines) is 1. The highest BCUT2D eigenvalue weighted by Gasteiger charge is 2.62. The van der Waals surface area contributed by atoms with Gasteiger partial charge in [-0.15, -0.1) is 0 Å². The number of ether oxygens (including phenoxy) is 1. The van der Waals surface area contributed by atoms with Gasteiger partial charge < -0.3 is 10.1 Å². The minimum atomic E-state index is -1.02. The molecular weight excluding hydrogens is 420 g/mol. The maximum atomic E-state index is 13.1. The van der Waals surface area contributed by atoms with Crippen molar-refractivity contribution in [1.29, 1.82) is 0 Å². The molecule has 3 amide bonds. The molecule has 166 valence electrons. The molecule has 2 aliphatic carbocycles. The Labute approximate surface area is 186 Å². The number of amides is 3. The van der Waals surface area contributed by atoms with Crippen LogP contribution in [0.3, 0.4) is 0 Å². The van der Waals surface area contributed by atoms with Gasteiger partial charge in [-0.05, 0) is 61.6 Å². The van der Waals surface area contributed by atoms with Gasteiger partial charge in [0.25, 0.3) is 5.91 Å². The van der Waals surface area contributed by atoms with Crippen molar-refractivity contribution in [2.24, 2.45) is 29.6 Å². The predicted molar refractivity (Wildman–Crippen MR) is 114 cm³/mol. The Morgan fingerprint density at radius 3 is 2.35 bits per heavy atom. The fourth-order valence-corrected chi connectivity index (χ4v) is 5.71. The van der Waals surface area contributed by atoms with E-state index in [1.54, 1.807) is 39.0 Å². The molecule has 4 rings (SSSR count). The molecule has 0 spiro atoms. The number of rotatable bonds is 6. The van der Waals surface area contributed by atoms with Crippen LogP contribution in [0.25, 0.3) is 0 Å². The minimum Gasteiger partial charge on any atom is -0.454 e. The van der Waals surface area contributed by atoms with Crippen LogP contribution in [0.1, 0.15) is 38.7 Å². The van der Waals surface area contributed by atoms with Crippen molar-refractivity contribution in [3.63, 3.8) is 0 Å². The van der Waals surface area contributed by atoms with E-state index in [2.05, 4.69) is 5.32 Å². The molecule has 1 aliphatic heterocycles. The Morgan fingerprint density at radius 2 is 1.77 bits per heavy atom. The lowest BCUT2D eigenvalue weighted by Crippen LogP contribution is -2.50. The van der Waals surface area contributed by atoms with Crippen molar-refractivity contribution in [2.45, 2.75) is 46.1 Å². The standard InChI is InChI=1S/C23H27ClN2O5/c1-11(2)20(26-21(28)18-13-7-8-14(9-13)19(18)22(26)29)23(30)31-10-17(27)25-16-6-4-5-15(24)12(16)3/h4-6,11,13-14,18-20H,7-10H2,1-3H3,(H,25,27)/t13-,14-,18-,19+,20+/m0/s1. The van der Waals surface area contributed by atoms with Crippen molar-refractivity contribution >= 4 is 41.0 Å². The molecule has 1 saturated heterocycles. The molecule has 31 heavy (non-hydrogen) atoms. The monoisotopic (exact) mass is 446 g/mol. The lowest BCUT2D eigenvalue weighted by molar-refractivity contribution is -0.162. The third-order valence-electron chi connectivity index (χ3n) is 7.00. The van der Waals surface area contributed by atoms with E-state index < -0.39 is 24.5 Å². The second-order valence-corrected chi connectivity index (χ2v) is 9.60. The van der Waals surface area contributed by atoms with E-state index in [0.29, 0.717) is 16.3 Å². The molecule has 2 saturated carbocycles. The predicted octanol–water partition coefficient (Wildman–Crippen LogP) is 3.19. The van der Waals surface area contributed by atoms with E-state index in [9.17, 15) is 19.2 Å². The molecule has 1 aromatic carbocycles. The van der Waals surface area contributed by atoms with Crippen LogP contribution in [-0.4, -0.2) is 41.2 Å². The highest BCUT2D eigenvalue weighted by Crippen LogP contribution is 2.56. The SMILES string of the molecule is Cc1c(Cl)cccc1NC(=O)COC(=O)[C@@H](C(C)C)N1C(=O)[C@@H]2[C@H]3CC[C@@H](C3)[C@@H]2C1=O. The number of fused-ring (bicyclic) bond motifs is 5. The molecule has 3 aliphatic rings. The second-order valence-electron chi connectivity index (χ2n) is 9.19. The van der Waals surface area contributed by atoms with Gasteiger partial charge in [0, 0.05) is 10.7 Å². The Balaban J connectivity index is 1.42. The van der Waals surface area contributed by atoms with Gasteiger partial charge in [0.2, 0.25) is 11.8 Å². The normalized spacial score (nSPS) is 27.6. The van der Waals surface area contributed by atoms with Crippen molar-refractivity contribution < 1.29 is 23.9 Å². The summed E-state index contributed by atoms with van der Waals surface area (Å²) in [5.74, 6) is -2.19. The van der Waals surface area contributed by atoms with E-state index in [0.717, 1.165) is 24.2 Å². The number of benzene rings is 1. The van der Waals surface area contributed by atoms with Gasteiger partial charge >= 0.3 is 5.97 Å². The molecule has 8 heteroatoms. The van der Waals surface area contributed by atoms with Crippen LogP contribution in [0.4, 0.5) is 5.69 Å². The summed E-state index contributed by atoms with van der Waals surface area (Å²) in [6.45, 7) is 4.80. The quantitative estimate of drug-likeness (QED) is 0.535. The number of hydrogen-bond donors (Lipinski definition) is 1. The first-order chi connectivity index (χ1) is 14.7. The average Bonchev–Trinajstić information content (AvgIpc) is 3.40. The summed E-state index contributed by atoms with van der Waals surface area (Å²) >= 11 is 6.06. The number of esters is 1. The van der Waals surface area contributed by atoms with Gasteiger partial charge in [-0.2, -0.15) is 0 Å². The number of halogens is 1. The maximum absolute atomic E-state index is 13.1. The Hall–Kier alpha value is -2.41. The lowest BCUT2D eigenvalue weighted by atomic mass is 9.81. The highest BCUT2D eigenvalue weighted by molar-refractivity contribution is 6.31. The summed E-state index contributed by atoms with van der Waals surface area (Å²) in [5.41, 5.74) is 1.24. The molecule has 2 bridgehead atoms. The van der Waals surface area contributed by atoms with Crippen LogP contribution in [-0.2, 0) is 23.9 Å². The number of carbonyl (C=O) groups excluding carboxylic acids is 4. The zero-order chi connectivity index (χ0) is 22.4. The fourth-order valence-electron chi connectivity index (χ4n) is 5.53. The molecule has 0 unspecified atom stereocenters. The van der Waals surface area contributed by atoms with Crippen LogP contribution >= 0.6 is 11.6 Å². The number of nitrogens with one attached hydrogen (secondary N) is 1. The third-order valence-corrected chi connectivity index (χ3v) is 7.41. The third kappa shape index (κ3) is 3.73. The number of imide groups is 1. The van der Waals surface area contributed by atoms with Gasteiger partial charge in [-0.3, -0.25) is 19.3 Å². The van der Waals surface area contributed by atoms with E-state index in [-0.39, 0.29) is 41.4 Å². The van der Waals surface area contributed by atoms with Crippen LogP contribution in [0.2, 0.25) is 5.02 Å². The summed E-state index contributed by atoms with van der Waals surface area (Å²) in [6.07, 6.45) is 2.87. The Bertz CT molecular complexity index is 918. The molecule has 7 nitrogen and oxygen atoms in total. The average molecular weight is 447 g/mol. The smallest absolute Gasteiger partial charge is 0.330 e. The molecular formula is C23H27ClN2O5. The molecule has 1 heterocycles. The molecule has 3 fully saturated rings. The van der Waals surface area contributed by atoms with Crippen LogP contribution in [0.5, 0.6) is 0 Å². The minimum absolute atomic E-state index is 0.243. The zero-order valence-corrected chi connectivity index (χ0v) is 18.6. The van der Waals surface area contributed by atoms with Gasteiger partial charge in [0.05, 0.1) is 11.8 Å². The zero-order valence-electron chi connectivity index (χ0n) is 17.9. The number of carbonyl (C=O) groups is 4. The maximum Gasteiger partial charge on any atom is 0.330 e. The fraction of sp³-hybridized carbons (Fsp3) is 0.565. The first-order valence-corrected chi connectivity index (χ1v) is 11.2. The van der Waals surface area contributed by atoms with Crippen molar-refractivity contribution in [3.8, 4) is 0 Å². The van der Waals surface area contributed by atoms with Crippen molar-refractivity contribution in [1.82, 2.24) is 4.90 Å². The summed E-state index contributed by atoms with van der Waals surface area (Å²) in [6, 6.07) is 4.10. The first-order valence-electron chi connectivity index (χ1n) is 10.8. The summed E-state index contributed by atoms with van der Waals surface area (Å²) < 4.78 is 5.24. The number of nitrogens with zero attached hydrogens (tertiary/aromatic N) is 1. The van der Waals surface area contributed by atoms with E-state index in [4.69, 9.17) is 16.3 Å². The molecule has 0 radical (unpaired) electrons. The first kappa shape index (κ1) is 21.8. The molecule has 1 aromatic rings. The van der Waals surface area contributed by atoms with E-state index in [1.807, 2.05) is 0 Å². The summed E-state index contributed by atoms with van der Waals surface area (Å²) in [7, 11) is 0. The summed E-state index contributed by atoms with van der Waals surface area (Å²) in [4.78, 5) is 52.5. The van der Waals surface area contributed by atoms with Gasteiger partial charge in [-0.25, -0.2) is 4.79 Å². The van der Waals surface area contributed by atoms with Crippen molar-refractivity contribution in [2.75, 3.05) is 11.9 Å². The van der Waals surface area contributed by atoms with Gasteiger partial charge in [-0.1, -0.05) is 31.5 Å². The number of anilines is 1. The van der Waals surface area contributed by atoms with Crippen LogP contribution < -0.4 is 5.32 Å². The van der Waals surface area contributed by atoms with Crippen LogP contribution in [0.15, 0.2) is 18.2 Å².